The molecule has 0 saturated carbocycles. The van der Waals surface area contributed by atoms with E-state index in [-0.39, 0.29) is 12.0 Å². The lowest BCUT2D eigenvalue weighted by Gasteiger charge is -2.42. The van der Waals surface area contributed by atoms with E-state index < -0.39 is 0 Å². The molecule has 1 aromatic carbocycles. The summed E-state index contributed by atoms with van der Waals surface area (Å²) in [4.78, 5) is 13.6. The second-order valence-corrected chi connectivity index (χ2v) is 4.48. The SMILES string of the molecule is COC(=O)C1=C(C)[C@@H](C)N1c1ccc(Cl)cc1. The lowest BCUT2D eigenvalue weighted by molar-refractivity contribution is -0.136. The zero-order chi connectivity index (χ0) is 12.6. The number of halogens is 1. The predicted molar refractivity (Wildman–Crippen MR) is 68.1 cm³/mol. The number of ether oxygens (including phenoxy) is 1. The van der Waals surface area contributed by atoms with Crippen LogP contribution in [-0.4, -0.2) is 19.1 Å². The molecule has 90 valence electrons. The summed E-state index contributed by atoms with van der Waals surface area (Å²) in [5, 5.41) is 0.683. The quantitative estimate of drug-likeness (QED) is 0.757. The second-order valence-electron chi connectivity index (χ2n) is 4.05. The van der Waals surface area contributed by atoms with Crippen molar-refractivity contribution in [3.8, 4) is 0 Å². The molecule has 4 heteroatoms. The maximum absolute atomic E-state index is 11.7. The van der Waals surface area contributed by atoms with Crippen LogP contribution in [0.2, 0.25) is 5.02 Å². The molecule has 0 spiro atoms. The summed E-state index contributed by atoms with van der Waals surface area (Å²) in [6, 6.07) is 7.63. The van der Waals surface area contributed by atoms with Crippen LogP contribution in [0.15, 0.2) is 35.5 Å². The first-order valence-electron chi connectivity index (χ1n) is 5.40. The van der Waals surface area contributed by atoms with Crippen molar-refractivity contribution >= 4 is 23.3 Å². The highest BCUT2D eigenvalue weighted by Gasteiger charge is 2.37. The largest absolute Gasteiger partial charge is 0.464 e. The van der Waals surface area contributed by atoms with Crippen molar-refractivity contribution < 1.29 is 9.53 Å². The van der Waals surface area contributed by atoms with E-state index in [4.69, 9.17) is 16.3 Å². The molecule has 2 rings (SSSR count). The fourth-order valence-corrected chi connectivity index (χ4v) is 2.15. The van der Waals surface area contributed by atoms with Gasteiger partial charge in [-0.25, -0.2) is 4.79 Å². The molecule has 1 aliphatic rings. The highest BCUT2D eigenvalue weighted by Crippen LogP contribution is 2.36. The Balaban J connectivity index is 2.35. The average Bonchev–Trinajstić information content (AvgIpc) is 2.35. The summed E-state index contributed by atoms with van der Waals surface area (Å²) < 4.78 is 4.78. The van der Waals surface area contributed by atoms with Gasteiger partial charge in [0.15, 0.2) is 0 Å². The zero-order valence-electron chi connectivity index (χ0n) is 10.0. The minimum Gasteiger partial charge on any atom is -0.464 e. The van der Waals surface area contributed by atoms with Crippen molar-refractivity contribution in [3.63, 3.8) is 0 Å². The number of benzene rings is 1. The van der Waals surface area contributed by atoms with Gasteiger partial charge in [0.25, 0.3) is 0 Å². The van der Waals surface area contributed by atoms with E-state index in [1.807, 2.05) is 36.1 Å². The molecule has 0 aliphatic carbocycles. The first-order chi connectivity index (χ1) is 8.06. The van der Waals surface area contributed by atoms with Crippen LogP contribution in [0.1, 0.15) is 13.8 Å². The van der Waals surface area contributed by atoms with Gasteiger partial charge in [0, 0.05) is 10.7 Å². The minimum atomic E-state index is -0.296. The molecule has 0 fully saturated rings. The highest BCUT2D eigenvalue weighted by atomic mass is 35.5. The van der Waals surface area contributed by atoms with Gasteiger partial charge >= 0.3 is 5.97 Å². The van der Waals surface area contributed by atoms with E-state index in [0.29, 0.717) is 10.7 Å². The predicted octanol–water partition coefficient (Wildman–Crippen LogP) is 3.00. The Kier molecular flexibility index (Phi) is 3.11. The second kappa shape index (κ2) is 4.41. The third kappa shape index (κ3) is 1.91. The molecule has 0 unspecified atom stereocenters. The molecule has 0 aromatic heterocycles. The molecule has 1 aliphatic heterocycles. The van der Waals surface area contributed by atoms with E-state index in [0.717, 1.165) is 11.3 Å². The Morgan fingerprint density at radius 1 is 1.35 bits per heavy atom. The Labute approximate surface area is 106 Å². The monoisotopic (exact) mass is 251 g/mol. The van der Waals surface area contributed by atoms with E-state index in [1.54, 1.807) is 0 Å². The average molecular weight is 252 g/mol. The molecular formula is C13H14ClNO2. The Morgan fingerprint density at radius 2 is 1.94 bits per heavy atom. The third-order valence-electron chi connectivity index (χ3n) is 3.11. The maximum atomic E-state index is 11.7. The van der Waals surface area contributed by atoms with Crippen molar-refractivity contribution in [1.82, 2.24) is 0 Å². The third-order valence-corrected chi connectivity index (χ3v) is 3.36. The van der Waals surface area contributed by atoms with Crippen LogP contribution in [0.3, 0.4) is 0 Å². The van der Waals surface area contributed by atoms with Crippen molar-refractivity contribution in [1.29, 1.82) is 0 Å². The van der Waals surface area contributed by atoms with E-state index in [9.17, 15) is 4.79 Å². The molecule has 1 aromatic rings. The zero-order valence-corrected chi connectivity index (χ0v) is 10.8. The first-order valence-corrected chi connectivity index (χ1v) is 5.78. The molecule has 0 bridgehead atoms. The van der Waals surface area contributed by atoms with Gasteiger partial charge in [-0.2, -0.15) is 0 Å². The number of nitrogens with zero attached hydrogens (tertiary/aromatic N) is 1. The van der Waals surface area contributed by atoms with Crippen molar-refractivity contribution in [3.05, 3.63) is 40.6 Å². The number of carbonyl (C=O) groups excluding carboxylic acids is 1. The van der Waals surface area contributed by atoms with Crippen LogP contribution in [0.25, 0.3) is 0 Å². The van der Waals surface area contributed by atoms with Crippen LogP contribution < -0.4 is 4.90 Å². The number of methoxy groups -OCH3 is 1. The van der Waals surface area contributed by atoms with Crippen LogP contribution in [0, 0.1) is 0 Å². The number of esters is 1. The van der Waals surface area contributed by atoms with Gasteiger partial charge in [-0.15, -0.1) is 0 Å². The van der Waals surface area contributed by atoms with Crippen molar-refractivity contribution in [2.45, 2.75) is 19.9 Å². The standard InChI is InChI=1S/C13H14ClNO2/c1-8-9(2)15(12(8)13(16)17-3)11-6-4-10(14)5-7-11/h4-7,9H,1-3H3/t9-/m1/s1. The molecule has 3 nitrogen and oxygen atoms in total. The summed E-state index contributed by atoms with van der Waals surface area (Å²) >= 11 is 5.85. The van der Waals surface area contributed by atoms with Gasteiger partial charge in [-0.1, -0.05) is 11.6 Å². The lowest BCUT2D eigenvalue weighted by atomic mass is 9.95. The molecule has 1 heterocycles. The Hall–Kier alpha value is -1.48. The molecule has 17 heavy (non-hydrogen) atoms. The summed E-state index contributed by atoms with van der Waals surface area (Å²) in [5.41, 5.74) is 2.63. The number of rotatable bonds is 2. The van der Waals surface area contributed by atoms with Gasteiger partial charge < -0.3 is 9.64 Å². The number of hydrogen-bond acceptors (Lipinski definition) is 3. The van der Waals surface area contributed by atoms with Crippen LogP contribution >= 0.6 is 11.6 Å². The summed E-state index contributed by atoms with van der Waals surface area (Å²) in [6.07, 6.45) is 0. The minimum absolute atomic E-state index is 0.213. The first kappa shape index (κ1) is 12.0. The summed E-state index contributed by atoms with van der Waals surface area (Å²) in [7, 11) is 1.39. The molecular weight excluding hydrogens is 238 g/mol. The van der Waals surface area contributed by atoms with E-state index >= 15 is 0 Å². The van der Waals surface area contributed by atoms with Crippen LogP contribution in [0.4, 0.5) is 5.69 Å². The van der Waals surface area contributed by atoms with Gasteiger partial charge in [-0.05, 0) is 43.7 Å². The van der Waals surface area contributed by atoms with E-state index in [1.165, 1.54) is 7.11 Å². The fourth-order valence-electron chi connectivity index (χ4n) is 2.02. The lowest BCUT2D eigenvalue weighted by Crippen LogP contribution is -2.47. The molecule has 0 N–H and O–H groups in total. The Bertz CT molecular complexity index is 479. The number of anilines is 1. The van der Waals surface area contributed by atoms with E-state index in [2.05, 4.69) is 6.92 Å². The van der Waals surface area contributed by atoms with Crippen molar-refractivity contribution in [2.24, 2.45) is 0 Å². The topological polar surface area (TPSA) is 29.5 Å². The van der Waals surface area contributed by atoms with Gasteiger partial charge in [0.1, 0.15) is 5.70 Å². The van der Waals surface area contributed by atoms with Crippen LogP contribution in [-0.2, 0) is 9.53 Å². The maximum Gasteiger partial charge on any atom is 0.354 e. The van der Waals surface area contributed by atoms with Gasteiger partial charge in [0.2, 0.25) is 0 Å². The normalized spacial score (nSPS) is 19.1. The number of hydrogen-bond donors (Lipinski definition) is 0. The number of carbonyl (C=O) groups is 1. The van der Waals surface area contributed by atoms with Gasteiger partial charge in [-0.3, -0.25) is 0 Å². The Morgan fingerprint density at radius 3 is 2.47 bits per heavy atom. The molecule has 0 saturated heterocycles. The fraction of sp³-hybridized carbons (Fsp3) is 0.308. The molecule has 0 radical (unpaired) electrons. The summed E-state index contributed by atoms with van der Waals surface area (Å²) in [5.74, 6) is -0.296. The summed E-state index contributed by atoms with van der Waals surface area (Å²) in [6.45, 7) is 4.00. The molecule has 0 amide bonds. The molecule has 1 atom stereocenters. The van der Waals surface area contributed by atoms with Crippen LogP contribution in [0.5, 0.6) is 0 Å². The smallest absolute Gasteiger partial charge is 0.354 e. The van der Waals surface area contributed by atoms with Gasteiger partial charge in [0.05, 0.1) is 13.2 Å². The highest BCUT2D eigenvalue weighted by molar-refractivity contribution is 6.30. The van der Waals surface area contributed by atoms with Crippen molar-refractivity contribution in [2.75, 3.05) is 12.0 Å².